The van der Waals surface area contributed by atoms with Crippen molar-refractivity contribution in [2.24, 2.45) is 5.10 Å². The number of carbonyl (C=O) groups excluding carboxylic acids is 2. The molecule has 0 atom stereocenters. The van der Waals surface area contributed by atoms with E-state index in [9.17, 15) is 14.7 Å². The average molecular weight is 644 g/mol. The lowest BCUT2D eigenvalue weighted by Gasteiger charge is -2.21. The van der Waals surface area contributed by atoms with E-state index in [2.05, 4.69) is 66.5 Å². The molecule has 3 aromatic rings. The van der Waals surface area contributed by atoms with Crippen molar-refractivity contribution in [3.63, 3.8) is 0 Å². The van der Waals surface area contributed by atoms with E-state index in [0.29, 0.717) is 20.1 Å². The summed E-state index contributed by atoms with van der Waals surface area (Å²) in [5.41, 5.74) is 4.90. The number of methoxy groups -OCH3 is 1. The van der Waals surface area contributed by atoms with E-state index in [1.165, 1.54) is 13.3 Å². The van der Waals surface area contributed by atoms with Gasteiger partial charge in [0, 0.05) is 33.3 Å². The van der Waals surface area contributed by atoms with Crippen LogP contribution in [-0.4, -0.2) is 43.3 Å². The van der Waals surface area contributed by atoms with Gasteiger partial charge in [0.25, 0.3) is 11.8 Å². The number of carbonyl (C=O) groups is 2. The van der Waals surface area contributed by atoms with Gasteiger partial charge >= 0.3 is 0 Å². The first kappa shape index (κ1) is 28.9. The Morgan fingerprint density at radius 2 is 1.71 bits per heavy atom. The van der Waals surface area contributed by atoms with Crippen LogP contribution in [0, 0.1) is 0 Å². The second-order valence-corrected chi connectivity index (χ2v) is 9.63. The van der Waals surface area contributed by atoms with Crippen molar-refractivity contribution in [2.75, 3.05) is 25.1 Å². The normalized spacial score (nSPS) is 11.3. The van der Waals surface area contributed by atoms with Gasteiger partial charge in [-0.1, -0.05) is 30.3 Å². The second-order valence-electron chi connectivity index (χ2n) is 7.98. The number of rotatable bonds is 10. The summed E-state index contributed by atoms with van der Waals surface area (Å²) < 4.78 is 6.32. The van der Waals surface area contributed by atoms with E-state index >= 15 is 0 Å². The maximum absolute atomic E-state index is 13.1. The molecule has 0 aliphatic heterocycles. The number of amides is 2. The maximum Gasteiger partial charge on any atom is 0.287 e. The zero-order chi connectivity index (χ0) is 27.7. The Morgan fingerprint density at radius 1 is 1.05 bits per heavy atom. The molecule has 10 heteroatoms. The Bertz CT molecular complexity index is 1340. The molecule has 0 heterocycles. The number of nitrogens with zero attached hydrogens (tertiary/aromatic N) is 2. The molecule has 3 aromatic carbocycles. The number of hydrogen-bond donors (Lipinski definition) is 3. The lowest BCUT2D eigenvalue weighted by molar-refractivity contribution is -0.117. The van der Waals surface area contributed by atoms with Gasteiger partial charge < -0.3 is 20.1 Å². The Morgan fingerprint density at radius 3 is 2.32 bits per heavy atom. The van der Waals surface area contributed by atoms with E-state index in [4.69, 9.17) is 4.74 Å². The molecule has 0 spiro atoms. The fraction of sp³-hybridized carbons (Fsp3) is 0.179. The summed E-state index contributed by atoms with van der Waals surface area (Å²) >= 11 is 6.76. The van der Waals surface area contributed by atoms with Crippen molar-refractivity contribution in [2.45, 2.75) is 13.8 Å². The molecule has 8 nitrogen and oxygen atoms in total. The number of benzene rings is 3. The van der Waals surface area contributed by atoms with E-state index < -0.39 is 11.8 Å². The number of phenolic OH excluding ortho intramolecular Hbond substituents is 1. The van der Waals surface area contributed by atoms with Gasteiger partial charge in [-0.2, -0.15) is 5.10 Å². The van der Waals surface area contributed by atoms with Crippen LogP contribution >= 0.6 is 31.9 Å². The summed E-state index contributed by atoms with van der Waals surface area (Å²) in [6, 6.07) is 17.9. The number of ether oxygens (including phenoxy) is 1. The third kappa shape index (κ3) is 7.23. The van der Waals surface area contributed by atoms with Gasteiger partial charge in [0.2, 0.25) is 0 Å². The van der Waals surface area contributed by atoms with Crippen LogP contribution in [0.1, 0.15) is 35.3 Å². The van der Waals surface area contributed by atoms with Crippen molar-refractivity contribution in [1.82, 2.24) is 10.7 Å². The van der Waals surface area contributed by atoms with Crippen LogP contribution in [0.2, 0.25) is 0 Å². The van der Waals surface area contributed by atoms with Crippen LogP contribution in [0.4, 0.5) is 5.69 Å². The van der Waals surface area contributed by atoms with Gasteiger partial charge in [-0.05, 0) is 87.7 Å². The van der Waals surface area contributed by atoms with E-state index in [0.717, 1.165) is 24.3 Å². The van der Waals surface area contributed by atoms with Crippen LogP contribution in [0.3, 0.4) is 0 Å². The molecule has 198 valence electrons. The molecule has 2 amide bonds. The SMILES string of the molecule is CCN(CC)c1ccc(C=C(NC(=O)c2ccccc2)C(=O)NN=Cc2c(O)c(OC)cc(Br)c2Br)cc1. The summed E-state index contributed by atoms with van der Waals surface area (Å²) in [6.07, 6.45) is 2.85. The number of anilines is 1. The average Bonchev–Trinajstić information content (AvgIpc) is 2.94. The molecule has 0 radical (unpaired) electrons. The molecule has 3 N–H and O–H groups in total. The van der Waals surface area contributed by atoms with Gasteiger partial charge in [0.05, 0.1) is 18.9 Å². The van der Waals surface area contributed by atoms with Crippen molar-refractivity contribution in [1.29, 1.82) is 0 Å². The topological polar surface area (TPSA) is 103 Å². The van der Waals surface area contributed by atoms with Gasteiger partial charge in [-0.15, -0.1) is 0 Å². The summed E-state index contributed by atoms with van der Waals surface area (Å²) in [5.74, 6) is -0.998. The molecule has 0 aliphatic rings. The smallest absolute Gasteiger partial charge is 0.287 e. The fourth-order valence-electron chi connectivity index (χ4n) is 3.58. The van der Waals surface area contributed by atoms with Gasteiger partial charge in [-0.25, -0.2) is 5.43 Å². The predicted octanol–water partition coefficient (Wildman–Crippen LogP) is 5.69. The van der Waals surface area contributed by atoms with E-state index in [-0.39, 0.29) is 17.2 Å². The maximum atomic E-state index is 13.1. The first-order chi connectivity index (χ1) is 18.3. The van der Waals surface area contributed by atoms with Gasteiger partial charge in [0.1, 0.15) is 5.70 Å². The van der Waals surface area contributed by atoms with Crippen molar-refractivity contribution >= 4 is 61.7 Å². The van der Waals surface area contributed by atoms with Crippen LogP contribution in [-0.2, 0) is 4.79 Å². The summed E-state index contributed by atoms with van der Waals surface area (Å²) in [5, 5.41) is 17.1. The molecule has 3 rings (SSSR count). The van der Waals surface area contributed by atoms with Crippen LogP contribution < -0.4 is 20.4 Å². The van der Waals surface area contributed by atoms with Crippen LogP contribution in [0.25, 0.3) is 6.08 Å². The van der Waals surface area contributed by atoms with Crippen LogP contribution in [0.15, 0.2) is 80.4 Å². The highest BCUT2D eigenvalue weighted by atomic mass is 79.9. The number of aromatic hydroxyl groups is 1. The van der Waals surface area contributed by atoms with Crippen molar-refractivity contribution in [3.05, 3.63) is 92.0 Å². The number of hydrogen-bond acceptors (Lipinski definition) is 6. The quantitative estimate of drug-likeness (QED) is 0.150. The van der Waals surface area contributed by atoms with Gasteiger partial charge in [-0.3, -0.25) is 9.59 Å². The zero-order valence-corrected chi connectivity index (χ0v) is 24.3. The molecule has 0 fully saturated rings. The predicted molar refractivity (Wildman–Crippen MR) is 158 cm³/mol. The lowest BCUT2D eigenvalue weighted by atomic mass is 10.1. The van der Waals surface area contributed by atoms with E-state index in [1.807, 2.05) is 24.3 Å². The second kappa shape index (κ2) is 13.8. The molecule has 0 saturated carbocycles. The molecule has 0 aromatic heterocycles. The number of nitrogens with one attached hydrogen (secondary N) is 2. The molecular weight excluding hydrogens is 616 g/mol. The Kier molecular flexibility index (Phi) is 10.5. The Balaban J connectivity index is 1.88. The molecule has 0 unspecified atom stereocenters. The molecular formula is C28H28Br2N4O4. The molecule has 0 bridgehead atoms. The zero-order valence-electron chi connectivity index (χ0n) is 21.2. The highest BCUT2D eigenvalue weighted by molar-refractivity contribution is 9.13. The summed E-state index contributed by atoms with van der Waals surface area (Å²) in [4.78, 5) is 28.1. The summed E-state index contributed by atoms with van der Waals surface area (Å²) in [6.45, 7) is 5.92. The highest BCUT2D eigenvalue weighted by Crippen LogP contribution is 2.39. The molecule has 38 heavy (non-hydrogen) atoms. The van der Waals surface area contributed by atoms with Crippen LogP contribution in [0.5, 0.6) is 11.5 Å². The molecule has 0 saturated heterocycles. The third-order valence-corrected chi connectivity index (χ3v) is 7.65. The summed E-state index contributed by atoms with van der Waals surface area (Å²) in [7, 11) is 1.43. The standard InChI is InChI=1S/C28H28Br2N4O4/c1-4-34(5-2)20-13-11-18(12-14-20)15-23(32-27(36)19-9-7-6-8-10-19)28(37)33-31-17-21-25(30)22(29)16-24(38-3)26(21)35/h6-17,35H,4-5H2,1-3H3,(H,32,36)(H,33,37). The monoisotopic (exact) mass is 642 g/mol. The third-order valence-electron chi connectivity index (χ3n) is 5.63. The van der Waals surface area contributed by atoms with Crippen molar-refractivity contribution in [3.8, 4) is 11.5 Å². The fourth-order valence-corrected chi connectivity index (χ4v) is 4.41. The minimum atomic E-state index is -0.643. The Hall–Kier alpha value is -3.63. The van der Waals surface area contributed by atoms with Crippen molar-refractivity contribution < 1.29 is 19.4 Å². The molecule has 0 aliphatic carbocycles. The first-order valence-electron chi connectivity index (χ1n) is 11.8. The highest BCUT2D eigenvalue weighted by Gasteiger charge is 2.16. The lowest BCUT2D eigenvalue weighted by Crippen LogP contribution is -2.32. The largest absolute Gasteiger partial charge is 0.504 e. The van der Waals surface area contributed by atoms with E-state index in [1.54, 1.807) is 42.5 Å². The number of hydrazone groups is 1. The minimum absolute atomic E-state index is 0.00158. The number of halogens is 2. The van der Waals surface area contributed by atoms with Gasteiger partial charge in [0.15, 0.2) is 11.5 Å². The number of phenols is 1. The minimum Gasteiger partial charge on any atom is -0.504 e. The Labute approximate surface area is 238 Å². The first-order valence-corrected chi connectivity index (χ1v) is 13.4.